The van der Waals surface area contributed by atoms with E-state index in [1.54, 1.807) is 11.3 Å². The molecule has 4 nitrogen and oxygen atoms in total. The maximum absolute atomic E-state index is 12.6. The molecule has 1 aromatic carbocycles. The second-order valence-corrected chi connectivity index (χ2v) is 7.81. The molecule has 0 bridgehead atoms. The zero-order valence-electron chi connectivity index (χ0n) is 14.5. The highest BCUT2D eigenvalue weighted by Crippen LogP contribution is 2.28. The van der Waals surface area contributed by atoms with Crippen molar-refractivity contribution in [1.29, 1.82) is 0 Å². The summed E-state index contributed by atoms with van der Waals surface area (Å²) in [4.78, 5) is 15.9. The van der Waals surface area contributed by atoms with E-state index in [0.717, 1.165) is 17.7 Å². The van der Waals surface area contributed by atoms with E-state index in [0.29, 0.717) is 24.7 Å². The third kappa shape index (κ3) is 4.75. The number of hydrogen-bond acceptors (Lipinski definition) is 4. The third-order valence-electron chi connectivity index (χ3n) is 4.26. The van der Waals surface area contributed by atoms with Gasteiger partial charge in [0.2, 0.25) is 5.91 Å². The van der Waals surface area contributed by atoms with Crippen molar-refractivity contribution < 1.29 is 9.53 Å². The van der Waals surface area contributed by atoms with E-state index >= 15 is 0 Å². The maximum Gasteiger partial charge on any atom is 0.234 e. The minimum atomic E-state index is 0.0227. The van der Waals surface area contributed by atoms with Crippen molar-refractivity contribution in [3.63, 3.8) is 0 Å². The fourth-order valence-electron chi connectivity index (χ4n) is 3.14. The number of halogens is 1. The van der Waals surface area contributed by atoms with Crippen LogP contribution in [0.2, 0.25) is 5.02 Å². The van der Waals surface area contributed by atoms with Gasteiger partial charge in [-0.15, -0.1) is 11.3 Å². The van der Waals surface area contributed by atoms with Crippen LogP contribution in [0.4, 0.5) is 0 Å². The number of rotatable bonds is 5. The van der Waals surface area contributed by atoms with Crippen LogP contribution < -0.4 is 10.1 Å². The van der Waals surface area contributed by atoms with Crippen LogP contribution in [0.1, 0.15) is 36.8 Å². The summed E-state index contributed by atoms with van der Waals surface area (Å²) in [5.74, 6) is 0.891. The highest BCUT2D eigenvalue weighted by Gasteiger charge is 2.23. The lowest BCUT2D eigenvalue weighted by molar-refractivity contribution is -0.123. The molecule has 0 spiro atoms. The second kappa shape index (κ2) is 8.21. The maximum atomic E-state index is 12.6. The molecule has 0 radical (unpaired) electrons. The Kier molecular flexibility index (Phi) is 5.99. The quantitative estimate of drug-likeness (QED) is 0.845. The molecule has 6 heteroatoms. The molecule has 0 unspecified atom stereocenters. The van der Waals surface area contributed by atoms with Crippen molar-refractivity contribution in [1.82, 2.24) is 10.2 Å². The van der Waals surface area contributed by atoms with Gasteiger partial charge in [0.1, 0.15) is 11.9 Å². The molecule has 1 aromatic heterocycles. The summed E-state index contributed by atoms with van der Waals surface area (Å²) in [6, 6.07) is 9.82. The number of carbonyl (C=O) groups excluding carboxylic acids is 1. The second-order valence-electron chi connectivity index (χ2n) is 6.39. The predicted octanol–water partition coefficient (Wildman–Crippen LogP) is 4.25. The molecule has 2 heterocycles. The Labute approximate surface area is 157 Å². The summed E-state index contributed by atoms with van der Waals surface area (Å²) in [5, 5.41) is 5.88. The van der Waals surface area contributed by atoms with Gasteiger partial charge in [-0.05, 0) is 43.0 Å². The first-order valence-electron chi connectivity index (χ1n) is 8.55. The van der Waals surface area contributed by atoms with Crippen LogP contribution >= 0.6 is 22.9 Å². The lowest BCUT2D eigenvalue weighted by Gasteiger charge is -2.23. The van der Waals surface area contributed by atoms with E-state index in [1.165, 1.54) is 4.88 Å². The SMILES string of the molecule is CC[C@H](NC(=O)CN1Cc2cc(Cl)ccc2O[C@@H](C)C1)c1cccs1. The fraction of sp³-hybridized carbons (Fsp3) is 0.421. The standard InChI is InChI=1S/C19H23ClN2O2S/c1-3-16(18-5-4-8-25-18)21-19(23)12-22-10-13(2)24-17-7-6-15(20)9-14(17)11-22/h4-9,13,16H,3,10-12H2,1-2H3,(H,21,23)/t13-,16-/m0/s1. The number of carbonyl (C=O) groups is 1. The highest BCUT2D eigenvalue weighted by atomic mass is 35.5. The molecular weight excluding hydrogens is 356 g/mol. The number of nitrogens with one attached hydrogen (secondary N) is 1. The number of fused-ring (bicyclic) bond motifs is 1. The van der Waals surface area contributed by atoms with Crippen LogP contribution in [0, 0.1) is 0 Å². The Balaban J connectivity index is 1.66. The van der Waals surface area contributed by atoms with Crippen molar-refractivity contribution in [2.24, 2.45) is 0 Å². The Hall–Kier alpha value is -1.56. The number of amides is 1. The monoisotopic (exact) mass is 378 g/mol. The Morgan fingerprint density at radius 3 is 3.04 bits per heavy atom. The van der Waals surface area contributed by atoms with Crippen LogP contribution in [-0.4, -0.2) is 30.0 Å². The Bertz CT molecular complexity index is 720. The molecule has 1 aliphatic rings. The molecular formula is C19H23ClN2O2S. The molecule has 2 atom stereocenters. The van der Waals surface area contributed by atoms with Gasteiger partial charge in [-0.1, -0.05) is 24.6 Å². The van der Waals surface area contributed by atoms with Crippen LogP contribution in [0.5, 0.6) is 5.75 Å². The molecule has 3 rings (SSSR count). The van der Waals surface area contributed by atoms with E-state index < -0.39 is 0 Å². The van der Waals surface area contributed by atoms with Gasteiger partial charge in [0.05, 0.1) is 12.6 Å². The average Bonchev–Trinajstić information content (AvgIpc) is 3.04. The first-order chi connectivity index (χ1) is 12.0. The molecule has 25 heavy (non-hydrogen) atoms. The van der Waals surface area contributed by atoms with Gasteiger partial charge >= 0.3 is 0 Å². The highest BCUT2D eigenvalue weighted by molar-refractivity contribution is 7.10. The lowest BCUT2D eigenvalue weighted by Crippen LogP contribution is -2.40. The number of nitrogens with zero attached hydrogens (tertiary/aromatic N) is 1. The van der Waals surface area contributed by atoms with Crippen molar-refractivity contribution in [2.45, 2.75) is 39.0 Å². The summed E-state index contributed by atoms with van der Waals surface area (Å²) in [6.07, 6.45) is 0.902. The number of hydrogen-bond donors (Lipinski definition) is 1. The smallest absolute Gasteiger partial charge is 0.234 e. The van der Waals surface area contributed by atoms with E-state index in [2.05, 4.69) is 23.2 Å². The van der Waals surface area contributed by atoms with E-state index in [1.807, 2.05) is 36.6 Å². The first kappa shape index (κ1) is 18.2. The number of ether oxygens (including phenoxy) is 1. The van der Waals surface area contributed by atoms with Gasteiger partial charge in [0.25, 0.3) is 0 Å². The summed E-state index contributed by atoms with van der Waals surface area (Å²) in [6.45, 7) is 5.82. The summed E-state index contributed by atoms with van der Waals surface area (Å²) in [5.41, 5.74) is 1.02. The summed E-state index contributed by atoms with van der Waals surface area (Å²) < 4.78 is 5.95. The Morgan fingerprint density at radius 1 is 1.48 bits per heavy atom. The largest absolute Gasteiger partial charge is 0.489 e. The predicted molar refractivity (Wildman–Crippen MR) is 102 cm³/mol. The molecule has 134 valence electrons. The zero-order chi connectivity index (χ0) is 17.8. The normalized spacial score (nSPS) is 18.8. The molecule has 0 fully saturated rings. The molecule has 1 amide bonds. The molecule has 0 saturated carbocycles. The van der Waals surface area contributed by atoms with E-state index in [4.69, 9.17) is 16.3 Å². The van der Waals surface area contributed by atoms with E-state index in [9.17, 15) is 4.79 Å². The fourth-order valence-corrected chi connectivity index (χ4v) is 4.19. The van der Waals surface area contributed by atoms with Gasteiger partial charge in [0, 0.05) is 28.6 Å². The lowest BCUT2D eigenvalue weighted by atomic mass is 10.1. The van der Waals surface area contributed by atoms with Crippen molar-refractivity contribution in [3.8, 4) is 5.75 Å². The van der Waals surface area contributed by atoms with Gasteiger partial charge in [0.15, 0.2) is 0 Å². The zero-order valence-corrected chi connectivity index (χ0v) is 16.1. The van der Waals surface area contributed by atoms with E-state index in [-0.39, 0.29) is 18.1 Å². The molecule has 2 aromatic rings. The van der Waals surface area contributed by atoms with Crippen molar-refractivity contribution >= 4 is 28.8 Å². The average molecular weight is 379 g/mol. The topological polar surface area (TPSA) is 41.6 Å². The van der Waals surface area contributed by atoms with Gasteiger partial charge < -0.3 is 10.1 Å². The van der Waals surface area contributed by atoms with Crippen LogP contribution in [0.15, 0.2) is 35.7 Å². The number of thiophene rings is 1. The van der Waals surface area contributed by atoms with Gasteiger partial charge in [-0.2, -0.15) is 0 Å². The summed E-state index contributed by atoms with van der Waals surface area (Å²) >= 11 is 7.79. The van der Waals surface area contributed by atoms with Crippen LogP contribution in [0.3, 0.4) is 0 Å². The summed E-state index contributed by atoms with van der Waals surface area (Å²) in [7, 11) is 0. The van der Waals surface area contributed by atoms with Gasteiger partial charge in [-0.25, -0.2) is 0 Å². The minimum absolute atomic E-state index is 0.0227. The van der Waals surface area contributed by atoms with Crippen molar-refractivity contribution in [3.05, 3.63) is 51.2 Å². The van der Waals surface area contributed by atoms with Crippen molar-refractivity contribution in [2.75, 3.05) is 13.1 Å². The van der Waals surface area contributed by atoms with Crippen LogP contribution in [0.25, 0.3) is 0 Å². The molecule has 1 N–H and O–H groups in total. The molecule has 1 aliphatic heterocycles. The minimum Gasteiger partial charge on any atom is -0.489 e. The number of benzene rings is 1. The molecule has 0 aliphatic carbocycles. The van der Waals surface area contributed by atoms with Gasteiger partial charge in [-0.3, -0.25) is 9.69 Å². The Morgan fingerprint density at radius 2 is 2.32 bits per heavy atom. The first-order valence-corrected chi connectivity index (χ1v) is 9.81. The molecule has 0 saturated heterocycles. The third-order valence-corrected chi connectivity index (χ3v) is 5.48. The van der Waals surface area contributed by atoms with Crippen LogP contribution in [-0.2, 0) is 11.3 Å².